The molecule has 0 radical (unpaired) electrons. The Hall–Kier alpha value is -0.930. The number of nitrogens with one attached hydrogen (secondary N) is 1. The Morgan fingerprint density at radius 2 is 2.17 bits per heavy atom. The molecular formula is C15H23FN2. The fourth-order valence-electron chi connectivity index (χ4n) is 2.63. The lowest BCUT2D eigenvalue weighted by molar-refractivity contribution is 0.340. The number of hydrogen-bond acceptors (Lipinski definition) is 2. The highest BCUT2D eigenvalue weighted by molar-refractivity contribution is 5.19. The largest absolute Gasteiger partial charge is 0.307 e. The summed E-state index contributed by atoms with van der Waals surface area (Å²) in [6, 6.07) is 7.66. The maximum Gasteiger partial charge on any atom is 0.123 e. The molecule has 0 bridgehead atoms. The van der Waals surface area contributed by atoms with E-state index in [9.17, 15) is 4.39 Å². The van der Waals surface area contributed by atoms with E-state index < -0.39 is 0 Å². The summed E-state index contributed by atoms with van der Waals surface area (Å²) < 4.78 is 13.2. The Morgan fingerprint density at radius 3 is 2.94 bits per heavy atom. The molecule has 0 aliphatic carbocycles. The molecule has 1 aliphatic rings. The van der Waals surface area contributed by atoms with Gasteiger partial charge in [0.2, 0.25) is 0 Å². The van der Waals surface area contributed by atoms with Gasteiger partial charge in [-0.15, -0.1) is 0 Å². The van der Waals surface area contributed by atoms with Crippen LogP contribution in [0.1, 0.15) is 37.8 Å². The number of likely N-dealkylation sites (tertiary alicyclic amines) is 1. The molecule has 0 amide bonds. The SMILES string of the molecule is C[C@H](NC1CCCN(C)CC1)c1cccc(F)c1. The summed E-state index contributed by atoms with van der Waals surface area (Å²) in [6.45, 7) is 4.45. The average Bonchev–Trinajstić information content (AvgIpc) is 2.54. The van der Waals surface area contributed by atoms with Gasteiger partial charge < -0.3 is 10.2 Å². The number of halogens is 1. The average molecular weight is 250 g/mol. The van der Waals surface area contributed by atoms with Crippen LogP contribution in [0.2, 0.25) is 0 Å². The van der Waals surface area contributed by atoms with Gasteiger partial charge in [-0.25, -0.2) is 4.39 Å². The molecule has 1 aromatic rings. The van der Waals surface area contributed by atoms with Crippen LogP contribution in [0.5, 0.6) is 0 Å². The molecule has 0 saturated carbocycles. The Morgan fingerprint density at radius 1 is 1.33 bits per heavy atom. The van der Waals surface area contributed by atoms with Gasteiger partial charge in [0.15, 0.2) is 0 Å². The number of hydrogen-bond donors (Lipinski definition) is 1. The van der Waals surface area contributed by atoms with Crippen molar-refractivity contribution in [2.24, 2.45) is 0 Å². The van der Waals surface area contributed by atoms with Gasteiger partial charge in [0, 0.05) is 12.1 Å². The first-order valence-corrected chi connectivity index (χ1v) is 6.85. The van der Waals surface area contributed by atoms with E-state index >= 15 is 0 Å². The zero-order valence-electron chi connectivity index (χ0n) is 11.3. The topological polar surface area (TPSA) is 15.3 Å². The van der Waals surface area contributed by atoms with Crippen LogP contribution in [0.3, 0.4) is 0 Å². The Kier molecular flexibility index (Phi) is 4.72. The van der Waals surface area contributed by atoms with Crippen LogP contribution in [-0.2, 0) is 0 Å². The van der Waals surface area contributed by atoms with E-state index in [2.05, 4.69) is 24.2 Å². The minimum Gasteiger partial charge on any atom is -0.307 e. The number of benzene rings is 1. The lowest BCUT2D eigenvalue weighted by atomic mass is 10.0. The third-order valence-electron chi connectivity index (χ3n) is 3.79. The van der Waals surface area contributed by atoms with Gasteiger partial charge in [-0.1, -0.05) is 12.1 Å². The summed E-state index contributed by atoms with van der Waals surface area (Å²) in [4.78, 5) is 2.38. The molecule has 3 heteroatoms. The molecule has 1 N–H and O–H groups in total. The van der Waals surface area contributed by atoms with Crippen molar-refractivity contribution in [2.75, 3.05) is 20.1 Å². The van der Waals surface area contributed by atoms with Crippen LogP contribution < -0.4 is 5.32 Å². The zero-order valence-corrected chi connectivity index (χ0v) is 11.3. The van der Waals surface area contributed by atoms with E-state index in [-0.39, 0.29) is 11.9 Å². The van der Waals surface area contributed by atoms with Gasteiger partial charge in [0.25, 0.3) is 0 Å². The van der Waals surface area contributed by atoms with Gasteiger partial charge in [0.1, 0.15) is 5.82 Å². The normalized spacial score (nSPS) is 23.6. The first-order chi connectivity index (χ1) is 8.65. The molecule has 1 heterocycles. The highest BCUT2D eigenvalue weighted by Crippen LogP contribution is 2.17. The van der Waals surface area contributed by atoms with Crippen LogP contribution in [0.4, 0.5) is 4.39 Å². The zero-order chi connectivity index (χ0) is 13.0. The maximum atomic E-state index is 13.2. The second kappa shape index (κ2) is 6.30. The highest BCUT2D eigenvalue weighted by Gasteiger charge is 2.17. The molecular weight excluding hydrogens is 227 g/mol. The second-order valence-corrected chi connectivity index (χ2v) is 5.37. The lowest BCUT2D eigenvalue weighted by Gasteiger charge is -2.22. The Bertz CT molecular complexity index is 381. The first kappa shape index (κ1) is 13.5. The van der Waals surface area contributed by atoms with Crippen LogP contribution in [-0.4, -0.2) is 31.1 Å². The van der Waals surface area contributed by atoms with E-state index in [4.69, 9.17) is 0 Å². The Labute approximate surface area is 109 Å². The van der Waals surface area contributed by atoms with Gasteiger partial charge in [-0.3, -0.25) is 0 Å². The minimum absolute atomic E-state index is 0.151. The van der Waals surface area contributed by atoms with Crippen molar-refractivity contribution in [1.29, 1.82) is 0 Å². The molecule has 1 aromatic carbocycles. The Balaban J connectivity index is 1.92. The summed E-state index contributed by atoms with van der Waals surface area (Å²) in [7, 11) is 2.18. The van der Waals surface area contributed by atoms with E-state index in [0.717, 1.165) is 12.1 Å². The molecule has 0 spiro atoms. The predicted molar refractivity (Wildman–Crippen MR) is 73.1 cm³/mol. The number of rotatable bonds is 3. The smallest absolute Gasteiger partial charge is 0.123 e. The third-order valence-corrected chi connectivity index (χ3v) is 3.79. The van der Waals surface area contributed by atoms with Crippen LogP contribution in [0, 0.1) is 5.82 Å². The third kappa shape index (κ3) is 3.79. The fraction of sp³-hybridized carbons (Fsp3) is 0.600. The molecule has 2 atom stereocenters. The van der Waals surface area contributed by atoms with Gasteiger partial charge >= 0.3 is 0 Å². The molecule has 1 unspecified atom stereocenters. The lowest BCUT2D eigenvalue weighted by Crippen LogP contribution is -2.32. The second-order valence-electron chi connectivity index (χ2n) is 5.37. The molecule has 1 fully saturated rings. The van der Waals surface area contributed by atoms with Gasteiger partial charge in [0.05, 0.1) is 0 Å². The molecule has 100 valence electrons. The predicted octanol–water partition coefficient (Wildman–Crippen LogP) is 2.96. The van der Waals surface area contributed by atoms with Crippen LogP contribution >= 0.6 is 0 Å². The summed E-state index contributed by atoms with van der Waals surface area (Å²) >= 11 is 0. The molecule has 1 saturated heterocycles. The van der Waals surface area contributed by atoms with Crippen molar-refractivity contribution < 1.29 is 4.39 Å². The quantitative estimate of drug-likeness (QED) is 0.887. The van der Waals surface area contributed by atoms with Crippen LogP contribution in [0.15, 0.2) is 24.3 Å². The summed E-state index contributed by atoms with van der Waals surface area (Å²) in [5.41, 5.74) is 1.03. The van der Waals surface area contributed by atoms with Crippen molar-refractivity contribution in [3.8, 4) is 0 Å². The maximum absolute atomic E-state index is 13.2. The van der Waals surface area contributed by atoms with Crippen molar-refractivity contribution in [1.82, 2.24) is 10.2 Å². The van der Waals surface area contributed by atoms with E-state index in [1.807, 2.05) is 6.07 Å². The first-order valence-electron chi connectivity index (χ1n) is 6.85. The van der Waals surface area contributed by atoms with Crippen molar-refractivity contribution in [3.05, 3.63) is 35.6 Å². The molecule has 2 nitrogen and oxygen atoms in total. The van der Waals surface area contributed by atoms with Crippen molar-refractivity contribution >= 4 is 0 Å². The van der Waals surface area contributed by atoms with Crippen LogP contribution in [0.25, 0.3) is 0 Å². The fourth-order valence-corrected chi connectivity index (χ4v) is 2.63. The monoisotopic (exact) mass is 250 g/mol. The van der Waals surface area contributed by atoms with E-state index in [0.29, 0.717) is 6.04 Å². The molecule has 1 aliphatic heterocycles. The van der Waals surface area contributed by atoms with Gasteiger partial charge in [-0.05, 0) is 64.0 Å². The number of nitrogens with zero attached hydrogens (tertiary/aromatic N) is 1. The van der Waals surface area contributed by atoms with Gasteiger partial charge in [-0.2, -0.15) is 0 Å². The molecule has 18 heavy (non-hydrogen) atoms. The summed E-state index contributed by atoms with van der Waals surface area (Å²) in [5.74, 6) is -0.151. The summed E-state index contributed by atoms with van der Waals surface area (Å²) in [5, 5.41) is 3.63. The van der Waals surface area contributed by atoms with Crippen molar-refractivity contribution in [2.45, 2.75) is 38.3 Å². The standard InChI is InChI=1S/C15H23FN2/c1-12(13-5-3-6-14(16)11-13)17-15-7-4-9-18(2)10-8-15/h3,5-6,11-12,15,17H,4,7-10H2,1-2H3/t12-,15?/m0/s1. The highest BCUT2D eigenvalue weighted by atomic mass is 19.1. The molecule has 0 aromatic heterocycles. The minimum atomic E-state index is -0.151. The van der Waals surface area contributed by atoms with E-state index in [1.54, 1.807) is 12.1 Å². The summed E-state index contributed by atoms with van der Waals surface area (Å²) in [6.07, 6.45) is 3.63. The van der Waals surface area contributed by atoms with E-state index in [1.165, 1.54) is 31.9 Å². The molecule has 2 rings (SSSR count). The van der Waals surface area contributed by atoms with Crippen molar-refractivity contribution in [3.63, 3.8) is 0 Å².